The number of carbonyl (C=O) groups is 3. The zero-order valence-electron chi connectivity index (χ0n) is 15.4. The Labute approximate surface area is 157 Å². The molecule has 10 heteroatoms. The third kappa shape index (κ3) is 5.51. The number of methoxy groups -OCH3 is 2. The van der Waals surface area contributed by atoms with Crippen molar-refractivity contribution < 1.29 is 32.3 Å². The first kappa shape index (κ1) is 20.8. The van der Waals surface area contributed by atoms with Crippen molar-refractivity contribution in [1.29, 1.82) is 0 Å². The van der Waals surface area contributed by atoms with Crippen LogP contribution in [0.3, 0.4) is 0 Å². The van der Waals surface area contributed by atoms with Crippen LogP contribution in [0.25, 0.3) is 0 Å². The summed E-state index contributed by atoms with van der Waals surface area (Å²) >= 11 is 0. The molecule has 1 heterocycles. The summed E-state index contributed by atoms with van der Waals surface area (Å²) in [6, 6.07) is 3.86. The van der Waals surface area contributed by atoms with Crippen molar-refractivity contribution in [3.8, 4) is 0 Å². The van der Waals surface area contributed by atoms with E-state index in [0.717, 1.165) is 0 Å². The summed E-state index contributed by atoms with van der Waals surface area (Å²) in [5.74, 6) is -1.58. The first-order chi connectivity index (χ1) is 12.6. The van der Waals surface area contributed by atoms with E-state index in [9.17, 15) is 22.8 Å². The number of hydrogen-bond acceptors (Lipinski definition) is 8. The van der Waals surface area contributed by atoms with Crippen molar-refractivity contribution >= 4 is 33.4 Å². The lowest BCUT2D eigenvalue weighted by Gasteiger charge is -2.22. The van der Waals surface area contributed by atoms with Gasteiger partial charge in [0, 0.05) is 11.7 Å². The first-order valence-corrected chi connectivity index (χ1v) is 9.99. The molecule has 1 fully saturated rings. The standard InChI is InChI=1S/C17H22N2O7S/c1-19(14-4-5-27(23,24)10-14)9-15(20)18-13-7-11(16(21)25-2)6-12(8-13)17(22)26-3/h6-8,14H,4-5,9-10H2,1-3H3,(H,18,20)/t14-/m0/s1. The Morgan fingerprint density at radius 3 is 2.11 bits per heavy atom. The van der Waals surface area contributed by atoms with Crippen LogP contribution in [0.15, 0.2) is 18.2 Å². The Hall–Kier alpha value is -2.46. The van der Waals surface area contributed by atoms with Crippen LogP contribution >= 0.6 is 0 Å². The van der Waals surface area contributed by atoms with E-state index in [1.54, 1.807) is 11.9 Å². The van der Waals surface area contributed by atoms with E-state index in [-0.39, 0.29) is 40.9 Å². The van der Waals surface area contributed by atoms with E-state index >= 15 is 0 Å². The van der Waals surface area contributed by atoms with E-state index < -0.39 is 27.7 Å². The van der Waals surface area contributed by atoms with Gasteiger partial charge in [0.15, 0.2) is 9.84 Å². The molecular weight excluding hydrogens is 376 g/mol. The molecule has 1 aliphatic rings. The van der Waals surface area contributed by atoms with Crippen LogP contribution in [-0.2, 0) is 24.1 Å². The predicted octanol–water partition coefficient (Wildman–Crippen LogP) is 0.317. The Bertz CT molecular complexity index is 817. The highest BCUT2D eigenvalue weighted by Gasteiger charge is 2.31. The van der Waals surface area contributed by atoms with Crippen LogP contribution in [0.5, 0.6) is 0 Å². The lowest BCUT2D eigenvalue weighted by Crippen LogP contribution is -2.38. The summed E-state index contributed by atoms with van der Waals surface area (Å²) in [5, 5.41) is 2.61. The quantitative estimate of drug-likeness (QED) is 0.681. The number of esters is 2. The van der Waals surface area contributed by atoms with Crippen molar-refractivity contribution in [1.82, 2.24) is 4.90 Å². The molecule has 1 saturated heterocycles. The number of ether oxygens (including phenoxy) is 2. The van der Waals surface area contributed by atoms with Gasteiger partial charge in [0.05, 0.1) is 43.4 Å². The van der Waals surface area contributed by atoms with Crippen LogP contribution in [-0.4, -0.2) is 76.5 Å². The predicted molar refractivity (Wildman–Crippen MR) is 97.4 cm³/mol. The molecule has 0 unspecified atom stereocenters. The number of nitrogens with one attached hydrogen (secondary N) is 1. The van der Waals surface area contributed by atoms with Crippen LogP contribution in [0, 0.1) is 0 Å². The molecule has 9 nitrogen and oxygen atoms in total. The van der Waals surface area contributed by atoms with Crippen molar-refractivity contribution in [2.75, 3.05) is 44.6 Å². The summed E-state index contributed by atoms with van der Waals surface area (Å²) in [4.78, 5) is 37.5. The lowest BCUT2D eigenvalue weighted by molar-refractivity contribution is -0.117. The number of anilines is 1. The van der Waals surface area contributed by atoms with E-state index in [1.807, 2.05) is 0 Å². The minimum atomic E-state index is -3.05. The second-order valence-electron chi connectivity index (χ2n) is 6.30. The van der Waals surface area contributed by atoms with Crippen LogP contribution in [0.2, 0.25) is 0 Å². The molecule has 1 amide bonds. The van der Waals surface area contributed by atoms with Gasteiger partial charge in [-0.1, -0.05) is 0 Å². The van der Waals surface area contributed by atoms with Gasteiger partial charge in [0.25, 0.3) is 0 Å². The van der Waals surface area contributed by atoms with E-state index in [0.29, 0.717) is 6.42 Å². The zero-order chi connectivity index (χ0) is 20.2. The van der Waals surface area contributed by atoms with Gasteiger partial charge < -0.3 is 14.8 Å². The lowest BCUT2D eigenvalue weighted by atomic mass is 10.1. The normalized spacial score (nSPS) is 18.1. The van der Waals surface area contributed by atoms with Crippen molar-refractivity contribution in [2.24, 2.45) is 0 Å². The molecule has 27 heavy (non-hydrogen) atoms. The van der Waals surface area contributed by atoms with Gasteiger partial charge in [-0.3, -0.25) is 9.69 Å². The number of sulfone groups is 1. The second kappa shape index (κ2) is 8.49. The monoisotopic (exact) mass is 398 g/mol. The van der Waals surface area contributed by atoms with Crippen LogP contribution < -0.4 is 5.32 Å². The molecule has 1 aliphatic heterocycles. The fourth-order valence-electron chi connectivity index (χ4n) is 2.85. The SMILES string of the molecule is COC(=O)c1cc(NC(=O)CN(C)[C@H]2CCS(=O)(=O)C2)cc(C(=O)OC)c1. The molecule has 1 atom stereocenters. The fourth-order valence-corrected chi connectivity index (χ4v) is 4.66. The zero-order valence-corrected chi connectivity index (χ0v) is 16.2. The summed E-state index contributed by atoms with van der Waals surface area (Å²) in [5.41, 5.74) is 0.410. The number of nitrogens with zero attached hydrogens (tertiary/aromatic N) is 1. The van der Waals surface area contributed by atoms with Crippen LogP contribution in [0.4, 0.5) is 5.69 Å². The number of rotatable bonds is 6. The van der Waals surface area contributed by atoms with Crippen LogP contribution in [0.1, 0.15) is 27.1 Å². The number of hydrogen-bond donors (Lipinski definition) is 1. The van der Waals surface area contributed by atoms with Gasteiger partial charge in [-0.2, -0.15) is 0 Å². The fraction of sp³-hybridized carbons (Fsp3) is 0.471. The largest absolute Gasteiger partial charge is 0.465 e. The van der Waals surface area contributed by atoms with Gasteiger partial charge >= 0.3 is 11.9 Å². The maximum absolute atomic E-state index is 12.3. The average Bonchev–Trinajstić information content (AvgIpc) is 2.99. The highest BCUT2D eigenvalue weighted by Crippen LogP contribution is 2.19. The Balaban J connectivity index is 2.12. The maximum atomic E-state index is 12.3. The first-order valence-electron chi connectivity index (χ1n) is 8.17. The molecular formula is C17H22N2O7S. The van der Waals surface area contributed by atoms with Gasteiger partial charge in [-0.15, -0.1) is 0 Å². The molecule has 0 aromatic heterocycles. The van der Waals surface area contributed by atoms with E-state index in [2.05, 4.69) is 14.8 Å². The molecule has 0 aliphatic carbocycles. The Morgan fingerprint density at radius 2 is 1.67 bits per heavy atom. The Morgan fingerprint density at radius 1 is 1.11 bits per heavy atom. The number of benzene rings is 1. The summed E-state index contributed by atoms with van der Waals surface area (Å²) < 4.78 is 32.4. The number of amides is 1. The molecule has 0 saturated carbocycles. The van der Waals surface area contributed by atoms with Gasteiger partial charge in [-0.25, -0.2) is 18.0 Å². The minimum absolute atomic E-state index is 0.0289. The third-order valence-corrected chi connectivity index (χ3v) is 6.03. The molecule has 0 spiro atoms. The third-order valence-electron chi connectivity index (χ3n) is 4.28. The molecule has 1 N–H and O–H groups in total. The summed E-state index contributed by atoms with van der Waals surface area (Å²) in [7, 11) is 1.04. The molecule has 0 radical (unpaired) electrons. The molecule has 0 bridgehead atoms. The topological polar surface area (TPSA) is 119 Å². The Kier molecular flexibility index (Phi) is 6.55. The van der Waals surface area contributed by atoms with E-state index in [1.165, 1.54) is 32.4 Å². The van der Waals surface area contributed by atoms with Gasteiger partial charge in [-0.05, 0) is 31.7 Å². The van der Waals surface area contributed by atoms with Crippen molar-refractivity contribution in [3.63, 3.8) is 0 Å². The molecule has 148 valence electrons. The highest BCUT2D eigenvalue weighted by molar-refractivity contribution is 7.91. The van der Waals surface area contributed by atoms with Gasteiger partial charge in [0.1, 0.15) is 0 Å². The minimum Gasteiger partial charge on any atom is -0.465 e. The van der Waals surface area contributed by atoms with E-state index in [4.69, 9.17) is 0 Å². The molecule has 1 aromatic rings. The summed E-state index contributed by atoms with van der Waals surface area (Å²) in [6.45, 7) is -0.0316. The summed E-state index contributed by atoms with van der Waals surface area (Å²) in [6.07, 6.45) is 0.483. The van der Waals surface area contributed by atoms with Crippen molar-refractivity contribution in [3.05, 3.63) is 29.3 Å². The number of likely N-dealkylation sites (N-methyl/N-ethyl adjacent to an activating group) is 1. The maximum Gasteiger partial charge on any atom is 0.337 e. The highest BCUT2D eigenvalue weighted by atomic mass is 32.2. The smallest absolute Gasteiger partial charge is 0.337 e. The van der Waals surface area contributed by atoms with Gasteiger partial charge in [0.2, 0.25) is 5.91 Å². The van der Waals surface area contributed by atoms with Crippen molar-refractivity contribution in [2.45, 2.75) is 12.5 Å². The second-order valence-corrected chi connectivity index (χ2v) is 8.53. The number of carbonyl (C=O) groups excluding carboxylic acids is 3. The molecule has 1 aromatic carbocycles. The molecule has 2 rings (SSSR count). The average molecular weight is 398 g/mol.